The summed E-state index contributed by atoms with van der Waals surface area (Å²) in [7, 11) is 0. The maximum absolute atomic E-state index is 11.8. The van der Waals surface area contributed by atoms with Gasteiger partial charge in [0, 0.05) is 12.1 Å². The Labute approximate surface area is 115 Å². The third-order valence-electron chi connectivity index (χ3n) is 3.39. The van der Waals surface area contributed by atoms with Crippen molar-refractivity contribution in [1.29, 1.82) is 0 Å². The molecule has 0 atom stereocenters. The van der Waals surface area contributed by atoms with Crippen molar-refractivity contribution < 1.29 is 19.6 Å². The van der Waals surface area contributed by atoms with Crippen LogP contribution in [0.15, 0.2) is 24.3 Å². The van der Waals surface area contributed by atoms with Gasteiger partial charge < -0.3 is 14.7 Å². The van der Waals surface area contributed by atoms with Gasteiger partial charge in [-0.3, -0.25) is 14.9 Å². The molecule has 108 valence electrons. The minimum atomic E-state index is -0.761. The predicted octanol–water partition coefficient (Wildman–Crippen LogP) is 0.957. The lowest BCUT2D eigenvalue weighted by Crippen LogP contribution is -2.63. The quantitative estimate of drug-likeness (QED) is 0.640. The van der Waals surface area contributed by atoms with Crippen molar-refractivity contribution in [3.8, 4) is 5.75 Å². The van der Waals surface area contributed by atoms with E-state index in [-0.39, 0.29) is 18.2 Å². The maximum Gasteiger partial charge on any atom is 0.269 e. The SMILES string of the molecule is CCC1(O)CN(C(=O)COc2ccc([N+](=O)[O-])cc2)C1. The minimum Gasteiger partial charge on any atom is -0.484 e. The zero-order valence-corrected chi connectivity index (χ0v) is 11.1. The third kappa shape index (κ3) is 3.05. The number of carbonyl (C=O) groups is 1. The largest absolute Gasteiger partial charge is 0.484 e. The number of hydrogen-bond donors (Lipinski definition) is 1. The number of likely N-dealkylation sites (tertiary alicyclic amines) is 1. The molecule has 0 spiro atoms. The standard InChI is InChI=1S/C13H16N2O5/c1-2-13(17)8-14(9-13)12(16)7-20-11-5-3-10(4-6-11)15(18)19/h3-6,17H,2,7-9H2,1H3. The van der Waals surface area contributed by atoms with Gasteiger partial charge in [0.25, 0.3) is 11.6 Å². The van der Waals surface area contributed by atoms with E-state index in [1.165, 1.54) is 29.2 Å². The molecular weight excluding hydrogens is 264 g/mol. The fourth-order valence-corrected chi connectivity index (χ4v) is 1.96. The van der Waals surface area contributed by atoms with Gasteiger partial charge in [-0.25, -0.2) is 0 Å². The Hall–Kier alpha value is -2.15. The highest BCUT2D eigenvalue weighted by Gasteiger charge is 2.41. The van der Waals surface area contributed by atoms with Gasteiger partial charge in [0.15, 0.2) is 6.61 Å². The molecule has 7 heteroatoms. The summed E-state index contributed by atoms with van der Waals surface area (Å²) in [4.78, 5) is 23.3. The second kappa shape index (κ2) is 5.46. The van der Waals surface area contributed by atoms with Crippen LogP contribution in [0.3, 0.4) is 0 Å². The van der Waals surface area contributed by atoms with E-state index in [0.717, 1.165) is 0 Å². The summed E-state index contributed by atoms with van der Waals surface area (Å²) < 4.78 is 5.27. The van der Waals surface area contributed by atoms with Gasteiger partial charge in [0.2, 0.25) is 0 Å². The summed E-state index contributed by atoms with van der Waals surface area (Å²) in [5.74, 6) is 0.191. The number of nitro groups is 1. The van der Waals surface area contributed by atoms with E-state index in [1.807, 2.05) is 6.92 Å². The van der Waals surface area contributed by atoms with Crippen LogP contribution in [0.5, 0.6) is 5.75 Å². The van der Waals surface area contributed by atoms with Crippen molar-refractivity contribution in [3.05, 3.63) is 34.4 Å². The number of carbonyl (C=O) groups excluding carboxylic acids is 1. The fraction of sp³-hybridized carbons (Fsp3) is 0.462. The van der Waals surface area contributed by atoms with Gasteiger partial charge in [0.1, 0.15) is 5.75 Å². The smallest absolute Gasteiger partial charge is 0.269 e. The Morgan fingerprint density at radius 2 is 2.05 bits per heavy atom. The van der Waals surface area contributed by atoms with Crippen molar-refractivity contribution >= 4 is 11.6 Å². The molecule has 1 fully saturated rings. The van der Waals surface area contributed by atoms with Crippen molar-refractivity contribution in [3.63, 3.8) is 0 Å². The number of benzene rings is 1. The molecule has 0 radical (unpaired) electrons. The van der Waals surface area contributed by atoms with Gasteiger partial charge in [-0.15, -0.1) is 0 Å². The lowest BCUT2D eigenvalue weighted by atomic mass is 9.91. The fourth-order valence-electron chi connectivity index (χ4n) is 1.96. The summed E-state index contributed by atoms with van der Waals surface area (Å²) in [6.07, 6.45) is 0.611. The van der Waals surface area contributed by atoms with Gasteiger partial charge in [-0.05, 0) is 18.6 Å². The average molecular weight is 280 g/mol. The Kier molecular flexibility index (Phi) is 3.89. The summed E-state index contributed by atoms with van der Waals surface area (Å²) in [5.41, 5.74) is -0.789. The summed E-state index contributed by atoms with van der Waals surface area (Å²) >= 11 is 0. The predicted molar refractivity (Wildman–Crippen MR) is 70.4 cm³/mol. The Morgan fingerprint density at radius 3 is 2.55 bits per heavy atom. The minimum absolute atomic E-state index is 0.0283. The van der Waals surface area contributed by atoms with Crippen LogP contribution in [0, 0.1) is 10.1 Å². The highest BCUT2D eigenvalue weighted by atomic mass is 16.6. The first-order valence-corrected chi connectivity index (χ1v) is 6.31. The van der Waals surface area contributed by atoms with Crippen molar-refractivity contribution in [2.24, 2.45) is 0 Å². The molecule has 0 aliphatic carbocycles. The van der Waals surface area contributed by atoms with Crippen LogP contribution in [0.1, 0.15) is 13.3 Å². The molecule has 1 aliphatic heterocycles. The Balaban J connectivity index is 1.81. The number of amides is 1. The van der Waals surface area contributed by atoms with Crippen molar-refractivity contribution in [1.82, 2.24) is 4.90 Å². The summed E-state index contributed by atoms with van der Waals surface area (Å²) in [6, 6.07) is 5.53. The summed E-state index contributed by atoms with van der Waals surface area (Å²) in [5, 5.41) is 20.3. The number of β-amino-alcohol motifs (C(OH)–C–C–N with tert-alkyl or cyclic N) is 1. The van der Waals surface area contributed by atoms with Crippen LogP contribution in [-0.2, 0) is 4.79 Å². The number of hydrogen-bond acceptors (Lipinski definition) is 5. The normalized spacial score (nSPS) is 16.4. The topological polar surface area (TPSA) is 92.9 Å². The van der Waals surface area contributed by atoms with E-state index < -0.39 is 10.5 Å². The second-order valence-corrected chi connectivity index (χ2v) is 4.87. The zero-order valence-electron chi connectivity index (χ0n) is 11.1. The van der Waals surface area contributed by atoms with E-state index in [1.54, 1.807) is 0 Å². The highest BCUT2D eigenvalue weighted by Crippen LogP contribution is 2.24. The van der Waals surface area contributed by atoms with Gasteiger partial charge >= 0.3 is 0 Å². The monoisotopic (exact) mass is 280 g/mol. The van der Waals surface area contributed by atoms with E-state index in [0.29, 0.717) is 25.3 Å². The molecule has 20 heavy (non-hydrogen) atoms. The van der Waals surface area contributed by atoms with Crippen LogP contribution in [0.2, 0.25) is 0 Å². The molecule has 2 rings (SSSR count). The third-order valence-corrected chi connectivity index (χ3v) is 3.39. The molecule has 1 aliphatic rings. The van der Waals surface area contributed by atoms with Crippen molar-refractivity contribution in [2.45, 2.75) is 18.9 Å². The Morgan fingerprint density at radius 1 is 1.45 bits per heavy atom. The first kappa shape index (κ1) is 14.3. The van der Waals surface area contributed by atoms with Gasteiger partial charge in [-0.2, -0.15) is 0 Å². The van der Waals surface area contributed by atoms with Gasteiger partial charge in [0.05, 0.1) is 23.6 Å². The zero-order chi connectivity index (χ0) is 14.8. The number of non-ortho nitro benzene ring substituents is 1. The van der Waals surface area contributed by atoms with Crippen LogP contribution in [0.25, 0.3) is 0 Å². The summed E-state index contributed by atoms with van der Waals surface area (Å²) in [6.45, 7) is 2.38. The number of nitro benzene ring substituents is 1. The number of aliphatic hydroxyl groups is 1. The van der Waals surface area contributed by atoms with E-state index in [4.69, 9.17) is 4.74 Å². The second-order valence-electron chi connectivity index (χ2n) is 4.87. The van der Waals surface area contributed by atoms with E-state index in [9.17, 15) is 20.0 Å². The first-order valence-electron chi connectivity index (χ1n) is 6.31. The molecule has 0 unspecified atom stereocenters. The van der Waals surface area contributed by atoms with Crippen LogP contribution >= 0.6 is 0 Å². The molecule has 1 saturated heterocycles. The van der Waals surface area contributed by atoms with Gasteiger partial charge in [-0.1, -0.05) is 6.92 Å². The van der Waals surface area contributed by atoms with Crippen LogP contribution in [-0.4, -0.2) is 46.1 Å². The molecule has 1 amide bonds. The lowest BCUT2D eigenvalue weighted by molar-refractivity contribution is -0.384. The number of ether oxygens (including phenoxy) is 1. The Bertz CT molecular complexity index is 508. The van der Waals surface area contributed by atoms with Crippen LogP contribution < -0.4 is 4.74 Å². The maximum atomic E-state index is 11.8. The van der Waals surface area contributed by atoms with E-state index >= 15 is 0 Å². The van der Waals surface area contributed by atoms with E-state index in [2.05, 4.69) is 0 Å². The first-order chi connectivity index (χ1) is 9.43. The number of nitrogens with zero attached hydrogens (tertiary/aromatic N) is 2. The molecule has 7 nitrogen and oxygen atoms in total. The highest BCUT2D eigenvalue weighted by molar-refractivity contribution is 5.79. The molecule has 1 aromatic carbocycles. The molecule has 0 saturated carbocycles. The van der Waals surface area contributed by atoms with Crippen molar-refractivity contribution in [2.75, 3.05) is 19.7 Å². The van der Waals surface area contributed by atoms with Crippen LogP contribution in [0.4, 0.5) is 5.69 Å². The molecule has 1 heterocycles. The lowest BCUT2D eigenvalue weighted by Gasteiger charge is -2.45. The average Bonchev–Trinajstić information content (AvgIpc) is 2.41. The molecule has 1 aromatic rings. The molecule has 0 aromatic heterocycles. The molecular formula is C13H16N2O5. The molecule has 0 bridgehead atoms. The number of rotatable bonds is 5. The molecule has 1 N–H and O–H groups in total.